The summed E-state index contributed by atoms with van der Waals surface area (Å²) in [5, 5.41) is -0.151. The van der Waals surface area contributed by atoms with Gasteiger partial charge in [0.05, 0.1) is 23.2 Å². The number of hydrogen-bond donors (Lipinski definition) is 0. The standard InChI is InChI=1S/C17H22ClF3N2O3S/c1-12-11-22(8-9-26-12)14-4-6-23(7-5-14)27(24,25)16-3-2-13(18)10-15(16)17(19,20)21/h2-3,10,12,14H,4-9,11H2,1H3. The number of hydrogen-bond acceptors (Lipinski definition) is 4. The normalized spacial score (nSPS) is 24.3. The third-order valence-corrected chi connectivity index (χ3v) is 7.27. The van der Waals surface area contributed by atoms with Gasteiger partial charge in [-0.15, -0.1) is 0 Å². The van der Waals surface area contributed by atoms with Crippen molar-refractivity contribution in [2.45, 2.75) is 43.0 Å². The Kier molecular flexibility index (Phi) is 6.08. The molecule has 1 unspecified atom stereocenters. The molecule has 5 nitrogen and oxygen atoms in total. The molecule has 0 spiro atoms. The number of benzene rings is 1. The molecule has 2 saturated heterocycles. The molecular formula is C17H22ClF3N2O3S. The van der Waals surface area contributed by atoms with E-state index >= 15 is 0 Å². The minimum absolute atomic E-state index is 0.129. The van der Waals surface area contributed by atoms with Gasteiger partial charge in [-0.05, 0) is 38.0 Å². The fourth-order valence-electron chi connectivity index (χ4n) is 3.71. The molecule has 1 aromatic rings. The first-order chi connectivity index (χ1) is 12.6. The van der Waals surface area contributed by atoms with Crippen LogP contribution >= 0.6 is 11.6 Å². The molecule has 3 rings (SSSR count). The highest BCUT2D eigenvalue weighted by atomic mass is 35.5. The summed E-state index contributed by atoms with van der Waals surface area (Å²) < 4.78 is 72.3. The van der Waals surface area contributed by atoms with Gasteiger partial charge in [0.15, 0.2) is 0 Å². The summed E-state index contributed by atoms with van der Waals surface area (Å²) >= 11 is 5.65. The Balaban J connectivity index is 1.76. The number of piperidine rings is 1. The number of morpholine rings is 1. The molecular weight excluding hydrogens is 405 g/mol. The largest absolute Gasteiger partial charge is 0.417 e. The number of nitrogens with zero attached hydrogens (tertiary/aromatic N) is 2. The molecule has 0 aliphatic carbocycles. The second kappa shape index (κ2) is 7.87. The molecule has 152 valence electrons. The van der Waals surface area contributed by atoms with Gasteiger partial charge >= 0.3 is 6.18 Å². The molecule has 0 amide bonds. The highest BCUT2D eigenvalue weighted by Crippen LogP contribution is 2.37. The smallest absolute Gasteiger partial charge is 0.376 e. The third-order valence-electron chi connectivity index (χ3n) is 5.08. The minimum atomic E-state index is -4.80. The summed E-state index contributed by atoms with van der Waals surface area (Å²) in [5.74, 6) is 0. The van der Waals surface area contributed by atoms with Crippen molar-refractivity contribution in [2.24, 2.45) is 0 Å². The van der Waals surface area contributed by atoms with Crippen LogP contribution in [0.25, 0.3) is 0 Å². The monoisotopic (exact) mass is 426 g/mol. The molecule has 2 fully saturated rings. The molecule has 0 bridgehead atoms. The number of alkyl halides is 3. The van der Waals surface area contributed by atoms with Gasteiger partial charge in [-0.25, -0.2) is 8.42 Å². The van der Waals surface area contributed by atoms with Crippen molar-refractivity contribution in [3.05, 3.63) is 28.8 Å². The van der Waals surface area contributed by atoms with Gasteiger partial charge in [0.25, 0.3) is 0 Å². The molecule has 0 N–H and O–H groups in total. The molecule has 27 heavy (non-hydrogen) atoms. The van der Waals surface area contributed by atoms with Crippen LogP contribution in [-0.2, 0) is 20.9 Å². The number of rotatable bonds is 3. The molecule has 0 saturated carbocycles. The summed E-state index contributed by atoms with van der Waals surface area (Å²) in [6.07, 6.45) is -3.50. The van der Waals surface area contributed by atoms with E-state index in [0.29, 0.717) is 25.5 Å². The van der Waals surface area contributed by atoms with Crippen molar-refractivity contribution in [1.29, 1.82) is 0 Å². The topological polar surface area (TPSA) is 49.9 Å². The van der Waals surface area contributed by atoms with Crippen molar-refractivity contribution in [1.82, 2.24) is 9.21 Å². The number of halogens is 4. The molecule has 10 heteroatoms. The zero-order valence-corrected chi connectivity index (χ0v) is 16.4. The van der Waals surface area contributed by atoms with Crippen LogP contribution in [0.3, 0.4) is 0 Å². The average molecular weight is 427 g/mol. The van der Waals surface area contributed by atoms with Crippen molar-refractivity contribution >= 4 is 21.6 Å². The number of ether oxygens (including phenoxy) is 1. The van der Waals surface area contributed by atoms with Crippen LogP contribution in [0.1, 0.15) is 25.3 Å². The minimum Gasteiger partial charge on any atom is -0.376 e. The van der Waals surface area contributed by atoms with Gasteiger partial charge in [-0.3, -0.25) is 4.90 Å². The van der Waals surface area contributed by atoms with Crippen LogP contribution in [0, 0.1) is 0 Å². The first-order valence-electron chi connectivity index (χ1n) is 8.81. The van der Waals surface area contributed by atoms with Gasteiger partial charge < -0.3 is 4.74 Å². The first kappa shape index (κ1) is 20.9. The summed E-state index contributed by atoms with van der Waals surface area (Å²) in [6.45, 7) is 4.59. The van der Waals surface area contributed by atoms with E-state index < -0.39 is 26.7 Å². The van der Waals surface area contributed by atoms with E-state index in [1.54, 1.807) is 0 Å². The quantitative estimate of drug-likeness (QED) is 0.744. The highest BCUT2D eigenvalue weighted by molar-refractivity contribution is 7.89. The Morgan fingerprint density at radius 2 is 1.85 bits per heavy atom. The lowest BCUT2D eigenvalue weighted by atomic mass is 10.0. The summed E-state index contributed by atoms with van der Waals surface area (Å²) in [7, 11) is -4.25. The van der Waals surface area contributed by atoms with E-state index in [9.17, 15) is 21.6 Å². The van der Waals surface area contributed by atoms with Gasteiger partial charge in [0.1, 0.15) is 0 Å². The predicted octanol–water partition coefficient (Wildman–Crippen LogP) is 3.23. The molecule has 2 aliphatic heterocycles. The van der Waals surface area contributed by atoms with Gasteiger partial charge in [0, 0.05) is 37.2 Å². The van der Waals surface area contributed by atoms with Crippen LogP contribution in [0.4, 0.5) is 13.2 Å². The van der Waals surface area contributed by atoms with Crippen LogP contribution in [0.2, 0.25) is 5.02 Å². The van der Waals surface area contributed by atoms with Crippen LogP contribution in [0.15, 0.2) is 23.1 Å². The maximum Gasteiger partial charge on any atom is 0.417 e. The van der Waals surface area contributed by atoms with Gasteiger partial charge in [-0.2, -0.15) is 17.5 Å². The second-order valence-electron chi connectivity index (χ2n) is 6.95. The second-order valence-corrected chi connectivity index (χ2v) is 9.29. The molecule has 1 atom stereocenters. The van der Waals surface area contributed by atoms with Crippen LogP contribution in [-0.4, -0.2) is 62.6 Å². The van der Waals surface area contributed by atoms with Crippen LogP contribution < -0.4 is 0 Å². The lowest BCUT2D eigenvalue weighted by molar-refractivity contribution is -0.139. The van der Waals surface area contributed by atoms with Crippen molar-refractivity contribution < 1.29 is 26.3 Å². The zero-order chi connectivity index (χ0) is 19.8. The van der Waals surface area contributed by atoms with E-state index in [0.717, 1.165) is 23.5 Å². The Morgan fingerprint density at radius 1 is 1.19 bits per heavy atom. The fourth-order valence-corrected chi connectivity index (χ4v) is 5.55. The van der Waals surface area contributed by atoms with E-state index in [-0.39, 0.29) is 30.3 Å². The Hall–Kier alpha value is -0.870. The van der Waals surface area contributed by atoms with Gasteiger partial charge in [-0.1, -0.05) is 11.6 Å². The van der Waals surface area contributed by atoms with Crippen molar-refractivity contribution in [2.75, 3.05) is 32.8 Å². The van der Waals surface area contributed by atoms with E-state index in [1.807, 2.05) is 6.92 Å². The van der Waals surface area contributed by atoms with Gasteiger partial charge in [0.2, 0.25) is 10.0 Å². The molecule has 2 heterocycles. The average Bonchev–Trinajstić information content (AvgIpc) is 2.61. The van der Waals surface area contributed by atoms with E-state index in [1.165, 1.54) is 6.07 Å². The SMILES string of the molecule is CC1CN(C2CCN(S(=O)(=O)c3ccc(Cl)cc3C(F)(F)F)CC2)CCO1. The summed E-state index contributed by atoms with van der Waals surface area (Å²) in [4.78, 5) is 1.54. The fraction of sp³-hybridized carbons (Fsp3) is 0.647. The molecule has 0 radical (unpaired) electrons. The van der Waals surface area contributed by atoms with Crippen molar-refractivity contribution in [3.8, 4) is 0 Å². The van der Waals surface area contributed by atoms with Crippen LogP contribution in [0.5, 0.6) is 0 Å². The molecule has 2 aliphatic rings. The van der Waals surface area contributed by atoms with E-state index in [2.05, 4.69) is 4.90 Å². The Labute approximate surface area is 162 Å². The maximum atomic E-state index is 13.3. The predicted molar refractivity (Wildman–Crippen MR) is 95.2 cm³/mol. The lowest BCUT2D eigenvalue weighted by Crippen LogP contribution is -2.51. The lowest BCUT2D eigenvalue weighted by Gasteiger charge is -2.41. The molecule has 0 aromatic heterocycles. The highest BCUT2D eigenvalue weighted by Gasteiger charge is 2.40. The van der Waals surface area contributed by atoms with E-state index in [4.69, 9.17) is 16.3 Å². The molecule has 1 aromatic carbocycles. The Morgan fingerprint density at radius 3 is 2.44 bits per heavy atom. The summed E-state index contributed by atoms with van der Waals surface area (Å²) in [5.41, 5.74) is -1.22. The Bertz CT molecular complexity index is 780. The zero-order valence-electron chi connectivity index (χ0n) is 14.9. The van der Waals surface area contributed by atoms with Crippen molar-refractivity contribution in [3.63, 3.8) is 0 Å². The number of sulfonamides is 1. The summed E-state index contributed by atoms with van der Waals surface area (Å²) in [6, 6.07) is 2.99. The maximum absolute atomic E-state index is 13.3. The first-order valence-corrected chi connectivity index (χ1v) is 10.6. The third kappa shape index (κ3) is 4.59.